The first-order valence-corrected chi connectivity index (χ1v) is 9.01. The summed E-state index contributed by atoms with van der Waals surface area (Å²) in [7, 11) is -1.93. The molecule has 2 amide bonds. The number of carbonyl (C=O) groups excluding carboxylic acids is 1. The van der Waals surface area contributed by atoms with Gasteiger partial charge in [0, 0.05) is 25.8 Å². The molecule has 2 rings (SSSR count). The van der Waals surface area contributed by atoms with E-state index in [0.717, 1.165) is 18.4 Å². The molecule has 8 nitrogen and oxygen atoms in total. The zero-order valence-electron chi connectivity index (χ0n) is 12.9. The number of likely N-dealkylation sites (tertiary alicyclic amines) is 1. The van der Waals surface area contributed by atoms with E-state index in [4.69, 9.17) is 0 Å². The Morgan fingerprint density at radius 3 is 2.91 bits per heavy atom. The fourth-order valence-corrected chi connectivity index (χ4v) is 3.07. The van der Waals surface area contributed by atoms with Gasteiger partial charge in [-0.25, -0.2) is 17.9 Å². The van der Waals surface area contributed by atoms with E-state index < -0.39 is 10.0 Å². The van der Waals surface area contributed by atoms with Crippen LogP contribution in [0.25, 0.3) is 0 Å². The molecule has 1 aliphatic rings. The van der Waals surface area contributed by atoms with Crippen molar-refractivity contribution in [3.05, 3.63) is 18.0 Å². The number of carbonyl (C=O) groups is 1. The topological polar surface area (TPSA) is 96.3 Å². The van der Waals surface area contributed by atoms with Crippen LogP contribution in [0.3, 0.4) is 0 Å². The molecule has 2 heterocycles. The minimum atomic E-state index is -3.29. The molecule has 9 heteroatoms. The molecule has 0 unspecified atom stereocenters. The van der Waals surface area contributed by atoms with Crippen molar-refractivity contribution < 1.29 is 13.2 Å². The zero-order chi connectivity index (χ0) is 16.2. The van der Waals surface area contributed by atoms with Crippen molar-refractivity contribution in [2.75, 3.05) is 32.4 Å². The lowest BCUT2D eigenvalue weighted by Crippen LogP contribution is -2.47. The van der Waals surface area contributed by atoms with Crippen molar-refractivity contribution >= 4 is 16.1 Å². The molecule has 124 valence electrons. The van der Waals surface area contributed by atoms with Crippen LogP contribution in [-0.2, 0) is 10.0 Å². The molecule has 1 aromatic heterocycles. The summed E-state index contributed by atoms with van der Waals surface area (Å²) >= 11 is 0. The van der Waals surface area contributed by atoms with Crippen LogP contribution in [0.5, 0.6) is 0 Å². The summed E-state index contributed by atoms with van der Waals surface area (Å²) in [6, 6.07) is -0.0471. The number of sulfonamides is 1. The number of nitrogens with one attached hydrogen (secondary N) is 2. The molecular formula is C13H23N5O3S. The molecule has 22 heavy (non-hydrogen) atoms. The number of rotatable bonds is 5. The average molecular weight is 329 g/mol. The van der Waals surface area contributed by atoms with Crippen LogP contribution < -0.4 is 10.0 Å². The van der Waals surface area contributed by atoms with Crippen LogP contribution in [-0.4, -0.2) is 61.6 Å². The van der Waals surface area contributed by atoms with Gasteiger partial charge < -0.3 is 10.2 Å². The Kier molecular flexibility index (Phi) is 5.41. The first-order chi connectivity index (χ1) is 10.4. The Balaban J connectivity index is 1.85. The number of urea groups is 1. The number of aromatic nitrogens is 2. The van der Waals surface area contributed by atoms with Crippen LogP contribution >= 0.6 is 0 Å². The standard InChI is InChI=1S/C13H23N5O3S/c1-11-8-16-18(9-11)12-4-3-6-17(10-12)13(19)15-5-7-22(20,21)14-2/h8-9,12,14H,3-7,10H2,1-2H3,(H,15,19)/t12-/m1/s1. The van der Waals surface area contributed by atoms with E-state index in [2.05, 4.69) is 15.1 Å². The van der Waals surface area contributed by atoms with E-state index in [1.165, 1.54) is 7.05 Å². The molecule has 0 aliphatic carbocycles. The summed E-state index contributed by atoms with van der Waals surface area (Å²) < 4.78 is 26.7. The highest BCUT2D eigenvalue weighted by molar-refractivity contribution is 7.89. The molecule has 1 fully saturated rings. The van der Waals surface area contributed by atoms with Crippen LogP contribution in [0.1, 0.15) is 24.4 Å². The number of hydrogen-bond acceptors (Lipinski definition) is 4. The Bertz CT molecular complexity index is 613. The minimum Gasteiger partial charge on any atom is -0.337 e. The molecule has 0 saturated carbocycles. The highest BCUT2D eigenvalue weighted by Gasteiger charge is 2.25. The van der Waals surface area contributed by atoms with E-state index in [-0.39, 0.29) is 24.4 Å². The smallest absolute Gasteiger partial charge is 0.317 e. The van der Waals surface area contributed by atoms with Gasteiger partial charge in [0.05, 0.1) is 18.0 Å². The molecule has 2 N–H and O–H groups in total. The predicted octanol–water partition coefficient (Wildman–Crippen LogP) is 0.0872. The van der Waals surface area contributed by atoms with Crippen LogP contribution in [0, 0.1) is 6.92 Å². The maximum atomic E-state index is 12.1. The lowest BCUT2D eigenvalue weighted by atomic mass is 10.1. The van der Waals surface area contributed by atoms with E-state index in [0.29, 0.717) is 13.1 Å². The Morgan fingerprint density at radius 1 is 1.50 bits per heavy atom. The van der Waals surface area contributed by atoms with Gasteiger partial charge in [0.2, 0.25) is 10.0 Å². The van der Waals surface area contributed by atoms with Gasteiger partial charge in [0.15, 0.2) is 0 Å². The van der Waals surface area contributed by atoms with Crippen LogP contribution in [0.15, 0.2) is 12.4 Å². The van der Waals surface area contributed by atoms with Gasteiger partial charge in [-0.2, -0.15) is 5.10 Å². The second kappa shape index (κ2) is 7.10. The first kappa shape index (κ1) is 16.8. The molecule has 0 aromatic carbocycles. The van der Waals surface area contributed by atoms with Crippen molar-refractivity contribution in [1.29, 1.82) is 0 Å². The van der Waals surface area contributed by atoms with Crippen molar-refractivity contribution in [3.63, 3.8) is 0 Å². The number of piperidine rings is 1. The van der Waals surface area contributed by atoms with E-state index in [9.17, 15) is 13.2 Å². The highest BCUT2D eigenvalue weighted by atomic mass is 32.2. The SMILES string of the molecule is CNS(=O)(=O)CCNC(=O)N1CCC[C@@H](n2cc(C)cn2)C1. The van der Waals surface area contributed by atoms with Crippen molar-refractivity contribution in [3.8, 4) is 0 Å². The minimum absolute atomic E-state index is 0.101. The number of aryl methyl sites for hydroxylation is 1. The number of hydrogen-bond donors (Lipinski definition) is 2. The summed E-state index contributed by atoms with van der Waals surface area (Å²) in [5.41, 5.74) is 1.10. The third-order valence-electron chi connectivity index (χ3n) is 3.75. The lowest BCUT2D eigenvalue weighted by Gasteiger charge is -2.32. The molecule has 0 bridgehead atoms. The molecule has 1 atom stereocenters. The van der Waals surface area contributed by atoms with Gasteiger partial charge in [-0.15, -0.1) is 0 Å². The molecule has 1 aliphatic heterocycles. The molecule has 0 spiro atoms. The second-order valence-electron chi connectivity index (χ2n) is 5.49. The maximum Gasteiger partial charge on any atom is 0.317 e. The quantitative estimate of drug-likeness (QED) is 0.800. The molecular weight excluding hydrogens is 306 g/mol. The predicted molar refractivity (Wildman–Crippen MR) is 83.1 cm³/mol. The Morgan fingerprint density at radius 2 is 2.27 bits per heavy atom. The van der Waals surface area contributed by atoms with Gasteiger partial charge in [-0.1, -0.05) is 0 Å². The van der Waals surface area contributed by atoms with Crippen LogP contribution in [0.4, 0.5) is 4.79 Å². The van der Waals surface area contributed by atoms with E-state index >= 15 is 0 Å². The van der Waals surface area contributed by atoms with Gasteiger partial charge >= 0.3 is 6.03 Å². The third-order valence-corrected chi connectivity index (χ3v) is 5.11. The summed E-state index contributed by atoms with van der Waals surface area (Å²) in [5.74, 6) is -0.120. The van der Waals surface area contributed by atoms with Gasteiger partial charge in [-0.05, 0) is 32.4 Å². The molecule has 0 radical (unpaired) electrons. The fraction of sp³-hybridized carbons (Fsp3) is 0.692. The maximum absolute atomic E-state index is 12.1. The van der Waals surface area contributed by atoms with Crippen LogP contribution in [0.2, 0.25) is 0 Å². The van der Waals surface area contributed by atoms with Gasteiger partial charge in [-0.3, -0.25) is 4.68 Å². The van der Waals surface area contributed by atoms with Crippen molar-refractivity contribution in [2.24, 2.45) is 0 Å². The Hall–Kier alpha value is -1.61. The van der Waals surface area contributed by atoms with Gasteiger partial charge in [0.25, 0.3) is 0 Å². The number of amides is 2. The third kappa shape index (κ3) is 4.44. The molecule has 1 saturated heterocycles. The molecule has 1 aromatic rings. The Labute approximate surface area is 130 Å². The monoisotopic (exact) mass is 329 g/mol. The summed E-state index contributed by atoms with van der Waals surface area (Å²) in [4.78, 5) is 13.8. The largest absolute Gasteiger partial charge is 0.337 e. The average Bonchev–Trinajstić information content (AvgIpc) is 2.94. The lowest BCUT2D eigenvalue weighted by molar-refractivity contribution is 0.164. The summed E-state index contributed by atoms with van der Waals surface area (Å²) in [6.45, 7) is 3.36. The summed E-state index contributed by atoms with van der Waals surface area (Å²) in [6.07, 6.45) is 5.68. The van der Waals surface area contributed by atoms with Crippen molar-refractivity contribution in [2.45, 2.75) is 25.8 Å². The normalized spacial score (nSPS) is 19.2. The zero-order valence-corrected chi connectivity index (χ0v) is 13.8. The summed E-state index contributed by atoms with van der Waals surface area (Å²) in [5, 5.41) is 6.97. The van der Waals surface area contributed by atoms with E-state index in [1.807, 2.05) is 24.0 Å². The second-order valence-corrected chi connectivity index (χ2v) is 7.54. The van der Waals surface area contributed by atoms with E-state index in [1.54, 1.807) is 4.90 Å². The highest BCUT2D eigenvalue weighted by Crippen LogP contribution is 2.21. The van der Waals surface area contributed by atoms with Gasteiger partial charge in [0.1, 0.15) is 0 Å². The number of nitrogens with zero attached hydrogens (tertiary/aromatic N) is 3. The van der Waals surface area contributed by atoms with Crippen molar-refractivity contribution in [1.82, 2.24) is 24.7 Å². The fourth-order valence-electron chi connectivity index (χ4n) is 2.49. The first-order valence-electron chi connectivity index (χ1n) is 7.36.